The van der Waals surface area contributed by atoms with Gasteiger partial charge in [-0.15, -0.1) is 0 Å². The summed E-state index contributed by atoms with van der Waals surface area (Å²) in [4.78, 5) is 11.6. The number of nitrogens with zero attached hydrogens (tertiary/aromatic N) is 2. The molecule has 0 saturated carbocycles. The van der Waals surface area contributed by atoms with Gasteiger partial charge in [0.2, 0.25) is 0 Å². The number of carbonyl (C=O) groups is 1. The van der Waals surface area contributed by atoms with Crippen molar-refractivity contribution in [2.24, 2.45) is 0 Å². The molecule has 0 radical (unpaired) electrons. The lowest BCUT2D eigenvalue weighted by molar-refractivity contribution is 0.0536. The topological polar surface area (TPSA) is 85.9 Å². The van der Waals surface area contributed by atoms with Gasteiger partial charge in [-0.25, -0.2) is 4.79 Å². The first-order chi connectivity index (χ1) is 8.67. The maximum atomic E-state index is 11.6. The molecule has 0 bridgehead atoms. The van der Waals surface area contributed by atoms with Gasteiger partial charge in [-0.2, -0.15) is 10.5 Å². The van der Waals surface area contributed by atoms with Crippen LogP contribution in [0, 0.1) is 22.7 Å². The molecule has 18 heavy (non-hydrogen) atoms. The van der Waals surface area contributed by atoms with Crippen molar-refractivity contribution in [2.45, 2.75) is 6.61 Å². The van der Waals surface area contributed by atoms with E-state index in [1.54, 1.807) is 24.3 Å². The number of allylic oxidation sites excluding steroid dienone is 1. The van der Waals surface area contributed by atoms with E-state index in [0.717, 1.165) is 5.56 Å². The maximum absolute atomic E-state index is 11.6. The van der Waals surface area contributed by atoms with E-state index in [0.29, 0.717) is 16.3 Å². The molecular weight excluding hydrogens is 254 g/mol. The first kappa shape index (κ1) is 12.0. The summed E-state index contributed by atoms with van der Waals surface area (Å²) in [5.41, 5.74) is 1.29. The van der Waals surface area contributed by atoms with Crippen LogP contribution in [0.4, 0.5) is 5.69 Å². The van der Waals surface area contributed by atoms with Gasteiger partial charge in [-0.05, 0) is 6.07 Å². The second kappa shape index (κ2) is 4.79. The third-order valence-corrected chi connectivity index (χ3v) is 2.72. The van der Waals surface area contributed by atoms with Crippen LogP contribution in [0.25, 0.3) is 0 Å². The number of carbonyl (C=O) groups excluding carboxylic acids is 1. The third-order valence-electron chi connectivity index (χ3n) is 2.41. The Morgan fingerprint density at radius 1 is 1.44 bits per heavy atom. The number of esters is 1. The molecule has 0 aliphatic carbocycles. The number of benzene rings is 1. The zero-order valence-corrected chi connectivity index (χ0v) is 9.78. The molecule has 1 N–H and O–H groups in total. The largest absolute Gasteiger partial charge is 0.457 e. The van der Waals surface area contributed by atoms with Crippen molar-refractivity contribution in [3.05, 3.63) is 40.1 Å². The number of nitrogens with one attached hydrogen (secondary N) is 1. The summed E-state index contributed by atoms with van der Waals surface area (Å²) in [6.07, 6.45) is 1.20. The minimum atomic E-state index is -0.473. The van der Waals surface area contributed by atoms with E-state index in [2.05, 4.69) is 5.32 Å². The first-order valence-corrected chi connectivity index (χ1v) is 5.30. The summed E-state index contributed by atoms with van der Waals surface area (Å²) < 4.78 is 4.89. The third kappa shape index (κ3) is 2.00. The minimum absolute atomic E-state index is 0.116. The molecule has 6 heteroatoms. The van der Waals surface area contributed by atoms with Gasteiger partial charge < -0.3 is 10.1 Å². The van der Waals surface area contributed by atoms with Crippen LogP contribution in [0.1, 0.15) is 15.9 Å². The van der Waals surface area contributed by atoms with Gasteiger partial charge in [0.15, 0.2) is 0 Å². The van der Waals surface area contributed by atoms with E-state index in [9.17, 15) is 4.79 Å². The number of anilines is 1. The van der Waals surface area contributed by atoms with Crippen molar-refractivity contribution in [1.29, 1.82) is 10.5 Å². The number of ether oxygens (including phenoxy) is 1. The van der Waals surface area contributed by atoms with Crippen molar-refractivity contribution in [3.63, 3.8) is 0 Å². The molecule has 0 atom stereocenters. The van der Waals surface area contributed by atoms with Gasteiger partial charge in [-0.3, -0.25) is 0 Å². The number of hydrogen-bond acceptors (Lipinski definition) is 5. The molecule has 0 aromatic heterocycles. The number of nitriles is 2. The Hall–Kier alpha value is -2.50. The minimum Gasteiger partial charge on any atom is -0.457 e. The Balaban J connectivity index is 2.44. The lowest BCUT2D eigenvalue weighted by Crippen LogP contribution is -2.01. The second-order valence-electron chi connectivity index (χ2n) is 3.46. The molecule has 88 valence electrons. The van der Waals surface area contributed by atoms with Crippen molar-refractivity contribution >= 4 is 23.3 Å². The van der Waals surface area contributed by atoms with Gasteiger partial charge >= 0.3 is 5.97 Å². The predicted octanol–water partition coefficient (Wildman–Crippen LogP) is 2.35. The van der Waals surface area contributed by atoms with Crippen LogP contribution < -0.4 is 5.32 Å². The molecule has 0 unspecified atom stereocenters. The van der Waals surface area contributed by atoms with Crippen molar-refractivity contribution in [1.82, 2.24) is 0 Å². The van der Waals surface area contributed by atoms with Crippen molar-refractivity contribution in [2.75, 3.05) is 5.32 Å². The predicted molar refractivity (Wildman–Crippen MR) is 63.5 cm³/mol. The quantitative estimate of drug-likeness (QED) is 0.651. The van der Waals surface area contributed by atoms with Crippen LogP contribution in [0.2, 0.25) is 5.02 Å². The SMILES string of the molecule is N#CC(C#N)=CNc1c(Cl)ccc2c1C(=O)OC2. The Labute approximate surface area is 108 Å². The fraction of sp³-hybridized carbons (Fsp3) is 0.0833. The Morgan fingerprint density at radius 3 is 2.83 bits per heavy atom. The van der Waals surface area contributed by atoms with Crippen LogP contribution in [-0.2, 0) is 11.3 Å². The lowest BCUT2D eigenvalue weighted by Gasteiger charge is -2.07. The fourth-order valence-corrected chi connectivity index (χ4v) is 1.78. The molecule has 1 aromatic carbocycles. The van der Waals surface area contributed by atoms with E-state index in [1.165, 1.54) is 6.20 Å². The number of cyclic esters (lactones) is 1. The van der Waals surface area contributed by atoms with E-state index < -0.39 is 5.97 Å². The highest BCUT2D eigenvalue weighted by atomic mass is 35.5. The Kier molecular flexibility index (Phi) is 3.18. The summed E-state index contributed by atoms with van der Waals surface area (Å²) in [5, 5.41) is 20.3. The molecule has 0 spiro atoms. The van der Waals surface area contributed by atoms with Gasteiger partial charge in [0, 0.05) is 11.8 Å². The normalized spacial score (nSPS) is 11.8. The first-order valence-electron chi connectivity index (χ1n) is 4.92. The summed E-state index contributed by atoms with van der Waals surface area (Å²) in [5.74, 6) is -0.473. The summed E-state index contributed by atoms with van der Waals surface area (Å²) >= 11 is 5.98. The molecule has 1 aliphatic rings. The van der Waals surface area contributed by atoms with E-state index >= 15 is 0 Å². The lowest BCUT2D eigenvalue weighted by atomic mass is 10.1. The molecule has 1 heterocycles. The average Bonchev–Trinajstić information content (AvgIpc) is 2.75. The smallest absolute Gasteiger partial charge is 0.341 e. The Bertz CT molecular complexity index is 622. The average molecular weight is 260 g/mol. The highest BCUT2D eigenvalue weighted by Crippen LogP contribution is 2.33. The number of fused-ring (bicyclic) bond motifs is 1. The van der Waals surface area contributed by atoms with Crippen LogP contribution in [0.3, 0.4) is 0 Å². The number of hydrogen-bond donors (Lipinski definition) is 1. The number of rotatable bonds is 2. The summed E-state index contributed by atoms with van der Waals surface area (Å²) in [7, 11) is 0. The zero-order valence-electron chi connectivity index (χ0n) is 9.03. The van der Waals surface area contributed by atoms with Crippen LogP contribution >= 0.6 is 11.6 Å². The molecule has 1 aromatic rings. The molecule has 0 saturated heterocycles. The van der Waals surface area contributed by atoms with Gasteiger partial charge in [0.1, 0.15) is 24.3 Å². The monoisotopic (exact) mass is 259 g/mol. The number of halogens is 1. The zero-order chi connectivity index (χ0) is 13.1. The maximum Gasteiger partial charge on any atom is 0.341 e. The van der Waals surface area contributed by atoms with Crippen LogP contribution in [0.5, 0.6) is 0 Å². The molecule has 0 amide bonds. The van der Waals surface area contributed by atoms with Gasteiger partial charge in [0.25, 0.3) is 0 Å². The van der Waals surface area contributed by atoms with E-state index in [4.69, 9.17) is 26.9 Å². The van der Waals surface area contributed by atoms with Gasteiger partial charge in [0.05, 0.1) is 16.3 Å². The fourth-order valence-electron chi connectivity index (χ4n) is 1.56. The second-order valence-corrected chi connectivity index (χ2v) is 3.87. The van der Waals surface area contributed by atoms with Crippen LogP contribution in [-0.4, -0.2) is 5.97 Å². The van der Waals surface area contributed by atoms with Crippen molar-refractivity contribution in [3.8, 4) is 12.1 Å². The summed E-state index contributed by atoms with van der Waals surface area (Å²) in [6, 6.07) is 6.72. The highest BCUT2D eigenvalue weighted by molar-refractivity contribution is 6.34. The summed E-state index contributed by atoms with van der Waals surface area (Å²) in [6.45, 7) is 0.201. The molecule has 2 rings (SSSR count). The standard InChI is InChI=1S/C12H6ClN3O2/c13-9-2-1-8-6-18-12(17)10(8)11(9)16-5-7(3-14)4-15/h1-2,5,16H,6H2. The molecule has 1 aliphatic heterocycles. The molecular formula is C12H6ClN3O2. The van der Waals surface area contributed by atoms with E-state index in [1.807, 2.05) is 0 Å². The van der Waals surface area contributed by atoms with Crippen LogP contribution in [0.15, 0.2) is 23.9 Å². The molecule has 5 nitrogen and oxygen atoms in total. The molecule has 0 fully saturated rings. The van der Waals surface area contributed by atoms with E-state index in [-0.39, 0.29) is 12.2 Å². The van der Waals surface area contributed by atoms with Crippen molar-refractivity contribution < 1.29 is 9.53 Å². The highest BCUT2D eigenvalue weighted by Gasteiger charge is 2.26. The van der Waals surface area contributed by atoms with Gasteiger partial charge in [-0.1, -0.05) is 17.7 Å². The Morgan fingerprint density at radius 2 is 2.17 bits per heavy atom.